The summed E-state index contributed by atoms with van der Waals surface area (Å²) in [5, 5.41) is 5.36. The van der Waals surface area contributed by atoms with Crippen LogP contribution in [0, 0.1) is 0 Å². The zero-order valence-electron chi connectivity index (χ0n) is 18.0. The van der Waals surface area contributed by atoms with Crippen molar-refractivity contribution in [1.29, 1.82) is 0 Å². The fraction of sp³-hybridized carbons (Fsp3) is 0.138. The molecular weight excluding hydrogens is 428 g/mol. The maximum Gasteiger partial charge on any atom is 0.164 e. The Hall–Kier alpha value is -3.56. The number of fused-ring (bicyclic) bond motifs is 3. The molecule has 0 radical (unpaired) electrons. The molecule has 0 spiro atoms. The van der Waals surface area contributed by atoms with E-state index in [2.05, 4.69) is 95.0 Å². The molecule has 4 heteroatoms. The Morgan fingerprint density at radius 2 is 1.42 bits per heavy atom. The van der Waals surface area contributed by atoms with Crippen LogP contribution in [0.1, 0.15) is 34.2 Å². The Labute approximate surface area is 198 Å². The summed E-state index contributed by atoms with van der Waals surface area (Å²) in [4.78, 5) is 8.73. The standard InChI is InChI=1S/C29H23ClN2O/c30-23-17-15-21(16-18-23)27-26-24-13-7-8-14-25(24)32(19-20-9-3-1-4-10-20)28(29(26)33-31-27)22-11-5-2-6-12-22/h1-18,26,28-29H,19H2/t26-,28?,29+/m1/s1. The lowest BCUT2D eigenvalue weighted by Gasteiger charge is -2.44. The summed E-state index contributed by atoms with van der Waals surface area (Å²) in [6.07, 6.45) is -0.128. The molecule has 0 saturated heterocycles. The van der Waals surface area contributed by atoms with E-state index in [-0.39, 0.29) is 18.1 Å². The first-order chi connectivity index (χ1) is 16.3. The molecule has 0 saturated carbocycles. The Kier molecular flexibility index (Phi) is 5.12. The highest BCUT2D eigenvalue weighted by atomic mass is 35.5. The van der Waals surface area contributed by atoms with Crippen LogP contribution in [0.25, 0.3) is 0 Å². The highest BCUT2D eigenvalue weighted by Gasteiger charge is 2.49. The van der Waals surface area contributed by atoms with E-state index in [4.69, 9.17) is 16.4 Å². The van der Waals surface area contributed by atoms with Gasteiger partial charge in [0.15, 0.2) is 6.10 Å². The zero-order valence-corrected chi connectivity index (χ0v) is 18.8. The van der Waals surface area contributed by atoms with Crippen molar-refractivity contribution in [2.75, 3.05) is 4.90 Å². The van der Waals surface area contributed by atoms with Crippen molar-refractivity contribution in [3.63, 3.8) is 0 Å². The van der Waals surface area contributed by atoms with Gasteiger partial charge in [-0.3, -0.25) is 0 Å². The second kappa shape index (κ2) is 8.42. The van der Waals surface area contributed by atoms with Crippen molar-refractivity contribution in [2.45, 2.75) is 24.6 Å². The molecule has 3 atom stereocenters. The molecule has 0 aromatic heterocycles. The minimum atomic E-state index is -0.128. The normalized spacial score (nSPS) is 21.1. The minimum Gasteiger partial charge on any atom is -0.389 e. The zero-order chi connectivity index (χ0) is 22.2. The van der Waals surface area contributed by atoms with Crippen molar-refractivity contribution >= 4 is 23.0 Å². The van der Waals surface area contributed by atoms with Gasteiger partial charge in [-0.05, 0) is 34.9 Å². The van der Waals surface area contributed by atoms with E-state index >= 15 is 0 Å². The molecule has 4 aromatic carbocycles. The summed E-state index contributed by atoms with van der Waals surface area (Å²) in [5.41, 5.74) is 6.98. The van der Waals surface area contributed by atoms with Crippen LogP contribution in [-0.4, -0.2) is 11.8 Å². The molecule has 2 aliphatic heterocycles. The summed E-state index contributed by atoms with van der Waals surface area (Å²) >= 11 is 6.16. The van der Waals surface area contributed by atoms with Crippen LogP contribution in [0.4, 0.5) is 5.69 Å². The number of oxime groups is 1. The van der Waals surface area contributed by atoms with Crippen molar-refractivity contribution in [1.82, 2.24) is 0 Å². The molecule has 6 rings (SSSR count). The van der Waals surface area contributed by atoms with E-state index in [1.54, 1.807) is 0 Å². The predicted molar refractivity (Wildman–Crippen MR) is 134 cm³/mol. The Morgan fingerprint density at radius 3 is 2.18 bits per heavy atom. The smallest absolute Gasteiger partial charge is 0.164 e. The number of benzene rings is 4. The third-order valence-corrected chi connectivity index (χ3v) is 6.85. The minimum absolute atomic E-state index is 0.0276. The molecule has 33 heavy (non-hydrogen) atoms. The van der Waals surface area contributed by atoms with Crippen LogP contribution in [0.5, 0.6) is 0 Å². The summed E-state index contributed by atoms with van der Waals surface area (Å²) in [6, 6.07) is 37.8. The van der Waals surface area contributed by atoms with Gasteiger partial charge >= 0.3 is 0 Å². The molecule has 2 heterocycles. The first kappa shape index (κ1) is 20.1. The second-order valence-electron chi connectivity index (χ2n) is 8.56. The Balaban J connectivity index is 1.50. The first-order valence-electron chi connectivity index (χ1n) is 11.2. The number of hydrogen-bond acceptors (Lipinski definition) is 3. The molecule has 0 aliphatic carbocycles. The van der Waals surface area contributed by atoms with E-state index in [0.29, 0.717) is 0 Å². The van der Waals surface area contributed by atoms with Gasteiger partial charge in [-0.15, -0.1) is 0 Å². The summed E-state index contributed by atoms with van der Waals surface area (Å²) in [7, 11) is 0. The van der Waals surface area contributed by atoms with Crippen molar-refractivity contribution in [2.24, 2.45) is 5.16 Å². The number of rotatable bonds is 4. The molecule has 1 unspecified atom stereocenters. The third-order valence-electron chi connectivity index (χ3n) is 6.60. The Bertz CT molecular complexity index is 1290. The van der Waals surface area contributed by atoms with Gasteiger partial charge in [0.25, 0.3) is 0 Å². The maximum atomic E-state index is 6.26. The van der Waals surface area contributed by atoms with Crippen molar-refractivity contribution in [3.05, 3.63) is 136 Å². The predicted octanol–water partition coefficient (Wildman–Crippen LogP) is 6.99. The van der Waals surface area contributed by atoms with Crippen molar-refractivity contribution < 1.29 is 4.84 Å². The topological polar surface area (TPSA) is 24.8 Å². The molecule has 0 amide bonds. The lowest BCUT2D eigenvalue weighted by molar-refractivity contribution is 0.0497. The number of hydrogen-bond donors (Lipinski definition) is 0. The van der Waals surface area contributed by atoms with E-state index in [9.17, 15) is 0 Å². The fourth-order valence-corrected chi connectivity index (χ4v) is 5.26. The molecule has 0 fully saturated rings. The average Bonchev–Trinajstić information content (AvgIpc) is 3.31. The first-order valence-corrected chi connectivity index (χ1v) is 11.6. The quantitative estimate of drug-likeness (QED) is 0.334. The monoisotopic (exact) mass is 450 g/mol. The molecule has 4 aromatic rings. The van der Waals surface area contributed by atoms with Crippen LogP contribution in [0.15, 0.2) is 114 Å². The molecule has 3 nitrogen and oxygen atoms in total. The van der Waals surface area contributed by atoms with Gasteiger partial charge in [-0.2, -0.15) is 0 Å². The van der Waals surface area contributed by atoms with Crippen LogP contribution in [0.3, 0.4) is 0 Å². The fourth-order valence-electron chi connectivity index (χ4n) is 5.13. The number of anilines is 1. The SMILES string of the molecule is Clc1ccc(C2=NO[C@@H]3C(c4ccccc4)N(Cc4ccccc4)c4ccccc4[C@H]23)cc1. The van der Waals surface area contributed by atoms with Gasteiger partial charge in [0, 0.05) is 22.8 Å². The summed E-state index contributed by atoms with van der Waals surface area (Å²) in [5.74, 6) is 0.0413. The lowest BCUT2D eigenvalue weighted by atomic mass is 9.76. The maximum absolute atomic E-state index is 6.26. The third kappa shape index (κ3) is 3.59. The van der Waals surface area contributed by atoms with Crippen LogP contribution >= 0.6 is 11.6 Å². The van der Waals surface area contributed by atoms with E-state index in [1.807, 2.05) is 24.3 Å². The van der Waals surface area contributed by atoms with Gasteiger partial charge < -0.3 is 9.74 Å². The van der Waals surface area contributed by atoms with Gasteiger partial charge in [0.05, 0.1) is 17.7 Å². The largest absolute Gasteiger partial charge is 0.389 e. The summed E-state index contributed by atoms with van der Waals surface area (Å²) in [6.45, 7) is 0.792. The number of halogens is 1. The highest BCUT2D eigenvalue weighted by molar-refractivity contribution is 6.30. The van der Waals surface area contributed by atoms with Gasteiger partial charge in [-0.25, -0.2) is 0 Å². The second-order valence-corrected chi connectivity index (χ2v) is 9.00. The number of nitrogens with zero attached hydrogens (tertiary/aromatic N) is 2. The van der Waals surface area contributed by atoms with E-state index < -0.39 is 0 Å². The lowest BCUT2D eigenvalue weighted by Crippen LogP contribution is -2.44. The van der Waals surface area contributed by atoms with Gasteiger partial charge in [-0.1, -0.05) is 108 Å². The average molecular weight is 451 g/mol. The van der Waals surface area contributed by atoms with Crippen LogP contribution < -0.4 is 4.90 Å². The van der Waals surface area contributed by atoms with Crippen LogP contribution in [-0.2, 0) is 11.4 Å². The van der Waals surface area contributed by atoms with Crippen molar-refractivity contribution in [3.8, 4) is 0 Å². The highest BCUT2D eigenvalue weighted by Crippen LogP contribution is 2.50. The molecule has 0 bridgehead atoms. The van der Waals surface area contributed by atoms with E-state index in [0.717, 1.165) is 22.8 Å². The number of para-hydroxylation sites is 1. The van der Waals surface area contributed by atoms with Gasteiger partial charge in [0.2, 0.25) is 0 Å². The summed E-state index contributed by atoms with van der Waals surface area (Å²) < 4.78 is 0. The van der Waals surface area contributed by atoms with E-state index in [1.165, 1.54) is 22.4 Å². The molecular formula is C29H23ClN2O. The van der Waals surface area contributed by atoms with Crippen LogP contribution in [0.2, 0.25) is 5.02 Å². The Morgan fingerprint density at radius 1 is 0.758 bits per heavy atom. The van der Waals surface area contributed by atoms with Gasteiger partial charge in [0.1, 0.15) is 0 Å². The molecule has 162 valence electrons. The molecule has 0 N–H and O–H groups in total. The molecule has 2 aliphatic rings.